The van der Waals surface area contributed by atoms with Crippen LogP contribution in [0, 0.1) is 0 Å². The molecule has 0 radical (unpaired) electrons. The quantitative estimate of drug-likeness (QED) is 0.657. The van der Waals surface area contributed by atoms with Gasteiger partial charge in [0.2, 0.25) is 0 Å². The summed E-state index contributed by atoms with van der Waals surface area (Å²) in [7, 11) is 1.58. The number of nitrogens with zero attached hydrogens (tertiary/aromatic N) is 1. The largest absolute Gasteiger partial charge is 0.497 e. The van der Waals surface area contributed by atoms with Crippen LogP contribution in [-0.4, -0.2) is 25.6 Å². The molecular weight excluding hydrogens is 296 g/mol. The van der Waals surface area contributed by atoms with E-state index in [0.29, 0.717) is 30.2 Å². The van der Waals surface area contributed by atoms with Crippen LogP contribution >= 0.6 is 0 Å². The van der Waals surface area contributed by atoms with Crippen LogP contribution in [0.3, 0.4) is 0 Å². The van der Waals surface area contributed by atoms with Crippen LogP contribution in [0.15, 0.2) is 52.1 Å². The SMILES string of the molecule is CCCOC(=NCc1ccco1)NC(=O)c1ccc(OC)cc1. The average molecular weight is 316 g/mol. The topological polar surface area (TPSA) is 73.1 Å². The van der Waals surface area contributed by atoms with E-state index in [-0.39, 0.29) is 11.9 Å². The Morgan fingerprint density at radius 2 is 2.04 bits per heavy atom. The second-order valence-electron chi connectivity index (χ2n) is 4.73. The van der Waals surface area contributed by atoms with Crippen LogP contribution in [-0.2, 0) is 11.3 Å². The molecule has 2 aromatic rings. The van der Waals surface area contributed by atoms with Gasteiger partial charge in [-0.25, -0.2) is 4.99 Å². The third-order valence-corrected chi connectivity index (χ3v) is 2.97. The fraction of sp³-hybridized carbons (Fsp3) is 0.294. The first-order valence-electron chi connectivity index (χ1n) is 7.38. The normalized spacial score (nSPS) is 11.1. The third-order valence-electron chi connectivity index (χ3n) is 2.97. The maximum Gasteiger partial charge on any atom is 0.292 e. The maximum absolute atomic E-state index is 12.2. The molecule has 1 amide bonds. The Hall–Kier alpha value is -2.76. The molecule has 6 nitrogen and oxygen atoms in total. The molecule has 0 aliphatic heterocycles. The molecule has 0 spiro atoms. The standard InChI is InChI=1S/C17H20N2O4/c1-3-10-23-17(18-12-15-5-4-11-22-15)19-16(20)13-6-8-14(21-2)9-7-13/h4-9,11H,3,10,12H2,1-2H3,(H,18,19,20). The summed E-state index contributed by atoms with van der Waals surface area (Å²) in [5.41, 5.74) is 0.497. The van der Waals surface area contributed by atoms with E-state index in [1.54, 1.807) is 43.7 Å². The van der Waals surface area contributed by atoms with Crippen LogP contribution in [0.25, 0.3) is 0 Å². The van der Waals surface area contributed by atoms with Crippen molar-refractivity contribution in [3.63, 3.8) is 0 Å². The van der Waals surface area contributed by atoms with Crippen LogP contribution < -0.4 is 10.1 Å². The highest BCUT2D eigenvalue weighted by molar-refractivity contribution is 6.04. The summed E-state index contributed by atoms with van der Waals surface area (Å²) in [5, 5.41) is 2.67. The summed E-state index contributed by atoms with van der Waals surface area (Å²) in [5.74, 6) is 1.10. The van der Waals surface area contributed by atoms with Gasteiger partial charge in [0, 0.05) is 5.56 Å². The Labute approximate surface area is 135 Å². The summed E-state index contributed by atoms with van der Waals surface area (Å²) in [6.07, 6.45) is 2.39. The number of ether oxygens (including phenoxy) is 2. The number of nitrogens with one attached hydrogen (secondary N) is 1. The fourth-order valence-electron chi connectivity index (χ4n) is 1.78. The highest BCUT2D eigenvalue weighted by Crippen LogP contribution is 2.11. The van der Waals surface area contributed by atoms with Crippen molar-refractivity contribution < 1.29 is 18.7 Å². The number of carbonyl (C=O) groups excluding carboxylic acids is 1. The van der Waals surface area contributed by atoms with Crippen molar-refractivity contribution in [1.29, 1.82) is 0 Å². The average Bonchev–Trinajstić information content (AvgIpc) is 3.10. The summed E-state index contributed by atoms with van der Waals surface area (Å²) >= 11 is 0. The molecule has 1 heterocycles. The van der Waals surface area contributed by atoms with Gasteiger partial charge in [-0.15, -0.1) is 0 Å². The molecule has 122 valence electrons. The van der Waals surface area contributed by atoms with Gasteiger partial charge in [0.05, 0.1) is 20.0 Å². The van der Waals surface area contributed by atoms with E-state index in [4.69, 9.17) is 13.9 Å². The van der Waals surface area contributed by atoms with E-state index < -0.39 is 0 Å². The smallest absolute Gasteiger partial charge is 0.292 e. The maximum atomic E-state index is 12.2. The Kier molecular flexibility index (Phi) is 6.23. The Balaban J connectivity index is 2.02. The molecule has 0 fully saturated rings. The third kappa shape index (κ3) is 5.18. The highest BCUT2D eigenvalue weighted by atomic mass is 16.5. The van der Waals surface area contributed by atoms with Gasteiger partial charge in [0.15, 0.2) is 0 Å². The molecule has 0 atom stereocenters. The van der Waals surface area contributed by atoms with Gasteiger partial charge in [-0.05, 0) is 42.8 Å². The van der Waals surface area contributed by atoms with Gasteiger partial charge in [0.1, 0.15) is 18.1 Å². The second-order valence-corrected chi connectivity index (χ2v) is 4.73. The van der Waals surface area contributed by atoms with Crippen molar-refractivity contribution in [3.05, 3.63) is 54.0 Å². The van der Waals surface area contributed by atoms with E-state index in [9.17, 15) is 4.79 Å². The van der Waals surface area contributed by atoms with Crippen LogP contribution in [0.2, 0.25) is 0 Å². The minimum absolute atomic E-state index is 0.184. The Morgan fingerprint density at radius 3 is 2.65 bits per heavy atom. The molecule has 1 aromatic carbocycles. The number of hydrogen-bond acceptors (Lipinski definition) is 5. The number of furan rings is 1. The van der Waals surface area contributed by atoms with Gasteiger partial charge in [-0.2, -0.15) is 0 Å². The number of amides is 1. The molecule has 1 aromatic heterocycles. The number of hydrogen-bond donors (Lipinski definition) is 1. The van der Waals surface area contributed by atoms with E-state index in [1.165, 1.54) is 0 Å². The first-order chi connectivity index (χ1) is 11.2. The van der Waals surface area contributed by atoms with Crippen molar-refractivity contribution in [1.82, 2.24) is 5.32 Å². The minimum atomic E-state index is -0.290. The molecule has 0 bridgehead atoms. The van der Waals surface area contributed by atoms with Gasteiger partial charge in [0.25, 0.3) is 11.9 Å². The van der Waals surface area contributed by atoms with Crippen molar-refractivity contribution in [2.24, 2.45) is 4.99 Å². The van der Waals surface area contributed by atoms with Gasteiger partial charge >= 0.3 is 0 Å². The zero-order chi connectivity index (χ0) is 16.5. The lowest BCUT2D eigenvalue weighted by Gasteiger charge is -2.10. The lowest BCUT2D eigenvalue weighted by Crippen LogP contribution is -2.32. The molecule has 2 rings (SSSR count). The Morgan fingerprint density at radius 1 is 1.26 bits per heavy atom. The number of rotatable bonds is 6. The van der Waals surface area contributed by atoms with Crippen molar-refractivity contribution in [2.75, 3.05) is 13.7 Å². The number of aliphatic imine (C=N–C) groups is 1. The summed E-state index contributed by atoms with van der Waals surface area (Å²) < 4.78 is 15.8. The predicted octanol–water partition coefficient (Wildman–Crippen LogP) is 3.00. The molecule has 6 heteroatoms. The van der Waals surface area contributed by atoms with Gasteiger partial charge in [-0.1, -0.05) is 6.92 Å². The second kappa shape index (κ2) is 8.63. The lowest BCUT2D eigenvalue weighted by atomic mass is 10.2. The fourth-order valence-corrected chi connectivity index (χ4v) is 1.78. The number of benzene rings is 1. The minimum Gasteiger partial charge on any atom is -0.497 e. The molecule has 0 unspecified atom stereocenters. The number of methoxy groups -OCH3 is 1. The van der Waals surface area contributed by atoms with E-state index in [2.05, 4.69) is 10.3 Å². The zero-order valence-electron chi connectivity index (χ0n) is 13.2. The van der Waals surface area contributed by atoms with Gasteiger partial charge in [-0.3, -0.25) is 10.1 Å². The summed E-state index contributed by atoms with van der Waals surface area (Å²) in [6.45, 7) is 2.75. The van der Waals surface area contributed by atoms with Crippen LogP contribution in [0.1, 0.15) is 29.5 Å². The monoisotopic (exact) mass is 316 g/mol. The molecule has 0 saturated heterocycles. The van der Waals surface area contributed by atoms with Crippen LogP contribution in [0.4, 0.5) is 0 Å². The van der Waals surface area contributed by atoms with Crippen molar-refractivity contribution in [3.8, 4) is 5.75 Å². The molecule has 1 N–H and O–H groups in total. The Bertz CT molecular complexity index is 633. The van der Waals surface area contributed by atoms with Crippen LogP contribution in [0.5, 0.6) is 5.75 Å². The first kappa shape index (κ1) is 16.6. The summed E-state index contributed by atoms with van der Waals surface area (Å²) in [6, 6.07) is 10.6. The molecule has 23 heavy (non-hydrogen) atoms. The van der Waals surface area contributed by atoms with E-state index >= 15 is 0 Å². The van der Waals surface area contributed by atoms with Crippen molar-refractivity contribution in [2.45, 2.75) is 19.9 Å². The summed E-state index contributed by atoms with van der Waals surface area (Å²) in [4.78, 5) is 16.5. The predicted molar refractivity (Wildman–Crippen MR) is 86.6 cm³/mol. The molecule has 0 aliphatic carbocycles. The number of carbonyl (C=O) groups is 1. The molecular formula is C17H20N2O4. The lowest BCUT2D eigenvalue weighted by molar-refractivity contribution is 0.0965. The van der Waals surface area contributed by atoms with Gasteiger partial charge < -0.3 is 13.9 Å². The van der Waals surface area contributed by atoms with E-state index in [0.717, 1.165) is 6.42 Å². The first-order valence-corrected chi connectivity index (χ1v) is 7.38. The van der Waals surface area contributed by atoms with E-state index in [1.807, 2.05) is 13.0 Å². The van der Waals surface area contributed by atoms with Crippen molar-refractivity contribution >= 4 is 11.9 Å². The molecule has 0 aliphatic rings. The highest BCUT2D eigenvalue weighted by Gasteiger charge is 2.10. The molecule has 0 saturated carbocycles. The number of amidine groups is 1. The zero-order valence-corrected chi connectivity index (χ0v) is 13.2.